The maximum absolute atomic E-state index is 13.7. The summed E-state index contributed by atoms with van der Waals surface area (Å²) in [6, 6.07) is 12.0. The van der Waals surface area contributed by atoms with Gasteiger partial charge in [-0.25, -0.2) is 13.6 Å². The fourth-order valence-electron chi connectivity index (χ4n) is 2.49. The smallest absolute Gasteiger partial charge is 0.321 e. The summed E-state index contributed by atoms with van der Waals surface area (Å²) < 4.78 is 27.3. The van der Waals surface area contributed by atoms with E-state index in [0.29, 0.717) is 6.42 Å². The second-order valence-electron chi connectivity index (χ2n) is 6.19. The number of nitrogens with one attached hydrogen (secondary N) is 1. The first-order valence-electron chi connectivity index (χ1n) is 7.97. The second kappa shape index (κ2) is 7.51. The van der Waals surface area contributed by atoms with Crippen LogP contribution < -0.4 is 5.32 Å². The lowest BCUT2D eigenvalue weighted by molar-refractivity contribution is 0.0182. The molecule has 0 saturated heterocycles. The Balaban J connectivity index is 2.06. The van der Waals surface area contributed by atoms with E-state index in [-0.39, 0.29) is 23.0 Å². The Morgan fingerprint density at radius 1 is 1.20 bits per heavy atom. The van der Waals surface area contributed by atoms with Crippen LogP contribution in [0.4, 0.5) is 19.3 Å². The fourth-order valence-corrected chi connectivity index (χ4v) is 2.49. The van der Waals surface area contributed by atoms with Crippen LogP contribution in [-0.4, -0.2) is 29.1 Å². The van der Waals surface area contributed by atoms with Gasteiger partial charge in [0.1, 0.15) is 5.75 Å². The van der Waals surface area contributed by atoms with Crippen molar-refractivity contribution in [2.75, 3.05) is 12.4 Å². The number of para-hydroxylation sites is 1. The first-order valence-corrected chi connectivity index (χ1v) is 7.97. The average molecular weight is 348 g/mol. The van der Waals surface area contributed by atoms with Crippen LogP contribution in [-0.2, 0) is 12.3 Å². The third-order valence-electron chi connectivity index (χ3n) is 4.09. The van der Waals surface area contributed by atoms with Crippen LogP contribution in [0.3, 0.4) is 0 Å². The van der Waals surface area contributed by atoms with Crippen molar-refractivity contribution in [1.29, 1.82) is 0 Å². The number of halogens is 2. The van der Waals surface area contributed by atoms with Gasteiger partial charge in [0.25, 0.3) is 5.92 Å². The number of urea groups is 1. The normalized spacial score (nSPS) is 12.5. The van der Waals surface area contributed by atoms with Gasteiger partial charge in [0.15, 0.2) is 0 Å². The van der Waals surface area contributed by atoms with E-state index in [2.05, 4.69) is 5.32 Å². The lowest BCUT2D eigenvalue weighted by Gasteiger charge is -2.26. The molecule has 0 heterocycles. The molecule has 2 aromatic carbocycles. The highest BCUT2D eigenvalue weighted by atomic mass is 19.3. The molecule has 0 saturated carbocycles. The van der Waals surface area contributed by atoms with Crippen molar-refractivity contribution in [1.82, 2.24) is 4.90 Å². The molecule has 25 heavy (non-hydrogen) atoms. The van der Waals surface area contributed by atoms with Gasteiger partial charge in [0.05, 0.1) is 5.69 Å². The number of carbonyl (C=O) groups excluding carboxylic acids is 1. The van der Waals surface area contributed by atoms with E-state index in [1.54, 1.807) is 37.4 Å². The third kappa shape index (κ3) is 4.92. The van der Waals surface area contributed by atoms with Gasteiger partial charge in [-0.1, -0.05) is 30.3 Å². The first-order chi connectivity index (χ1) is 11.7. The molecule has 0 aliphatic rings. The van der Waals surface area contributed by atoms with Crippen molar-refractivity contribution < 1.29 is 18.7 Å². The molecule has 2 aromatic rings. The molecule has 4 nitrogen and oxygen atoms in total. The number of rotatable bonds is 5. The molecule has 2 rings (SSSR count). The molecule has 0 aliphatic heterocycles. The number of hydrogen-bond acceptors (Lipinski definition) is 2. The second-order valence-corrected chi connectivity index (χ2v) is 6.19. The van der Waals surface area contributed by atoms with Gasteiger partial charge in [-0.2, -0.15) is 0 Å². The van der Waals surface area contributed by atoms with E-state index >= 15 is 0 Å². The minimum atomic E-state index is -3.04. The van der Waals surface area contributed by atoms with Crippen LogP contribution in [0, 0.1) is 0 Å². The van der Waals surface area contributed by atoms with E-state index in [0.717, 1.165) is 12.5 Å². The molecule has 1 atom stereocenters. The summed E-state index contributed by atoms with van der Waals surface area (Å²) in [7, 11) is 1.62. The molecule has 0 radical (unpaired) electrons. The van der Waals surface area contributed by atoms with Gasteiger partial charge in [-0.15, -0.1) is 0 Å². The molecule has 134 valence electrons. The quantitative estimate of drug-likeness (QED) is 0.830. The fraction of sp³-hybridized carbons (Fsp3) is 0.316. The van der Waals surface area contributed by atoms with Crippen molar-refractivity contribution in [3.63, 3.8) is 0 Å². The highest BCUT2D eigenvalue weighted by molar-refractivity contribution is 5.90. The number of likely N-dealkylation sites (N-methyl/N-ethyl adjacent to an activating group) is 1. The molecule has 0 aromatic heterocycles. The van der Waals surface area contributed by atoms with Gasteiger partial charge < -0.3 is 15.3 Å². The molecule has 1 unspecified atom stereocenters. The minimum absolute atomic E-state index is 0.101. The summed E-state index contributed by atoms with van der Waals surface area (Å²) in [5, 5.41) is 11.9. The van der Waals surface area contributed by atoms with Gasteiger partial charge in [-0.05, 0) is 37.1 Å². The number of anilines is 1. The Morgan fingerprint density at radius 3 is 2.40 bits per heavy atom. The van der Waals surface area contributed by atoms with Gasteiger partial charge in [0.2, 0.25) is 0 Å². The molecule has 0 bridgehead atoms. The number of aromatic hydroxyl groups is 1. The lowest BCUT2D eigenvalue weighted by atomic mass is 10.1. The number of carbonyl (C=O) groups is 1. The highest BCUT2D eigenvalue weighted by Crippen LogP contribution is 2.32. The maximum atomic E-state index is 13.7. The Morgan fingerprint density at radius 2 is 1.80 bits per heavy atom. The van der Waals surface area contributed by atoms with Crippen molar-refractivity contribution in [3.05, 3.63) is 59.7 Å². The van der Waals surface area contributed by atoms with Gasteiger partial charge in [0, 0.05) is 25.6 Å². The van der Waals surface area contributed by atoms with Crippen LogP contribution >= 0.6 is 0 Å². The van der Waals surface area contributed by atoms with Crippen molar-refractivity contribution >= 4 is 11.7 Å². The van der Waals surface area contributed by atoms with E-state index in [1.165, 1.54) is 23.1 Å². The number of nitrogens with zero attached hydrogens (tertiary/aromatic N) is 1. The van der Waals surface area contributed by atoms with E-state index in [9.17, 15) is 18.7 Å². The summed E-state index contributed by atoms with van der Waals surface area (Å²) in [6.45, 7) is 2.67. The zero-order valence-corrected chi connectivity index (χ0v) is 14.5. The van der Waals surface area contributed by atoms with Gasteiger partial charge >= 0.3 is 6.03 Å². The number of phenolic OH excluding ortho intramolecular Hbond substituents is 1. The minimum Gasteiger partial charge on any atom is -0.508 e. The third-order valence-corrected chi connectivity index (χ3v) is 4.09. The zero-order chi connectivity index (χ0) is 18.6. The van der Waals surface area contributed by atoms with Crippen LogP contribution in [0.2, 0.25) is 0 Å². The predicted molar refractivity (Wildman–Crippen MR) is 94.1 cm³/mol. The van der Waals surface area contributed by atoms with Crippen LogP contribution in [0.15, 0.2) is 48.5 Å². The Hall–Kier alpha value is -2.63. The zero-order valence-electron chi connectivity index (χ0n) is 14.5. The first kappa shape index (κ1) is 18.7. The number of phenols is 1. The summed E-state index contributed by atoms with van der Waals surface area (Å²) in [6.07, 6.45) is 0.579. The van der Waals surface area contributed by atoms with Crippen LogP contribution in [0.5, 0.6) is 5.75 Å². The van der Waals surface area contributed by atoms with Crippen molar-refractivity contribution in [2.45, 2.75) is 32.2 Å². The topological polar surface area (TPSA) is 52.6 Å². The molecule has 0 spiro atoms. The highest BCUT2D eigenvalue weighted by Gasteiger charge is 2.28. The molecule has 6 heteroatoms. The standard InChI is InChI=1S/C19H22F2N2O2/c1-13(12-14-8-10-15(24)11-9-14)23(3)18(25)22-17-7-5-4-6-16(17)19(2,20)21/h4-11,13,24H,12H2,1-3H3,(H,22,25). The Labute approximate surface area is 146 Å². The van der Waals surface area contributed by atoms with E-state index in [1.807, 2.05) is 6.92 Å². The number of hydrogen-bond donors (Lipinski definition) is 2. The Kier molecular flexibility index (Phi) is 5.62. The van der Waals surface area contributed by atoms with E-state index < -0.39 is 12.0 Å². The van der Waals surface area contributed by atoms with Crippen LogP contribution in [0.1, 0.15) is 25.0 Å². The molecule has 2 N–H and O–H groups in total. The summed E-state index contributed by atoms with van der Waals surface area (Å²) in [5.41, 5.74) is 0.845. The van der Waals surface area contributed by atoms with Crippen molar-refractivity contribution in [2.24, 2.45) is 0 Å². The summed E-state index contributed by atoms with van der Waals surface area (Å²) >= 11 is 0. The summed E-state index contributed by atoms with van der Waals surface area (Å²) in [5.74, 6) is -2.86. The van der Waals surface area contributed by atoms with Crippen LogP contribution in [0.25, 0.3) is 0 Å². The number of benzene rings is 2. The molecule has 0 aliphatic carbocycles. The SMILES string of the molecule is CC(Cc1ccc(O)cc1)N(C)C(=O)Nc1ccccc1C(C)(F)F. The molecule has 0 fully saturated rings. The molecule has 2 amide bonds. The monoisotopic (exact) mass is 348 g/mol. The molecular weight excluding hydrogens is 326 g/mol. The predicted octanol–water partition coefficient (Wildman–Crippen LogP) is 4.60. The van der Waals surface area contributed by atoms with Crippen molar-refractivity contribution in [3.8, 4) is 5.75 Å². The number of alkyl halides is 2. The van der Waals surface area contributed by atoms with E-state index in [4.69, 9.17) is 0 Å². The largest absolute Gasteiger partial charge is 0.508 e. The average Bonchev–Trinajstić information content (AvgIpc) is 2.55. The maximum Gasteiger partial charge on any atom is 0.321 e. The Bertz CT molecular complexity index is 727. The number of amides is 2. The van der Waals surface area contributed by atoms with Gasteiger partial charge in [-0.3, -0.25) is 0 Å². The lowest BCUT2D eigenvalue weighted by Crippen LogP contribution is -2.39. The summed E-state index contributed by atoms with van der Waals surface area (Å²) in [4.78, 5) is 13.9. The molecular formula is C19H22F2N2O2.